The fourth-order valence-corrected chi connectivity index (χ4v) is 6.57. The molecule has 1 aliphatic rings. The molecule has 0 fully saturated rings. The third kappa shape index (κ3) is 3.15. The number of benzene rings is 4. The Labute approximate surface area is 189 Å². The van der Waals surface area contributed by atoms with Crippen LogP contribution in [0.25, 0.3) is 44.1 Å². The highest BCUT2D eigenvalue weighted by molar-refractivity contribution is 9.10. The van der Waals surface area contributed by atoms with E-state index in [1.54, 1.807) is 0 Å². The van der Waals surface area contributed by atoms with Gasteiger partial charge in [-0.05, 0) is 74.4 Å². The van der Waals surface area contributed by atoms with Crippen LogP contribution in [0.2, 0.25) is 0 Å². The van der Waals surface area contributed by atoms with Crippen molar-refractivity contribution in [2.75, 3.05) is 0 Å². The first-order valence-corrected chi connectivity index (χ1v) is 12.4. The summed E-state index contributed by atoms with van der Waals surface area (Å²) in [5, 5.41) is 5.69. The third-order valence-electron chi connectivity index (χ3n) is 5.98. The highest BCUT2D eigenvalue weighted by Crippen LogP contribution is 2.48. The normalized spacial score (nSPS) is 16.1. The summed E-state index contributed by atoms with van der Waals surface area (Å²) in [4.78, 5) is 0. The van der Waals surface area contributed by atoms with Gasteiger partial charge < -0.3 is 8.39 Å². The standard InChI is InChI=1S/C27H20BrO2P/c1-17-10-13-21-19(16-17)12-15-24-27(21)26-20-7-3-2-6-18(20)11-14-23(26)29-31(30-24)25-9-5-4-8-22(25)28/h2-15,17H,16H2,1H3. The molecule has 0 saturated carbocycles. The van der Waals surface area contributed by atoms with Crippen LogP contribution in [0.15, 0.2) is 91.7 Å². The minimum atomic E-state index is -1.34. The minimum absolute atomic E-state index is 0.540. The van der Waals surface area contributed by atoms with E-state index < -0.39 is 8.01 Å². The summed E-state index contributed by atoms with van der Waals surface area (Å²) in [6.07, 6.45) is 5.61. The maximum atomic E-state index is 6.63. The van der Waals surface area contributed by atoms with E-state index in [2.05, 4.69) is 89.6 Å². The number of hydrogen-bond donors (Lipinski definition) is 0. The lowest BCUT2D eigenvalue weighted by molar-refractivity contribution is 0.650. The van der Waals surface area contributed by atoms with E-state index in [9.17, 15) is 0 Å². The van der Waals surface area contributed by atoms with E-state index in [1.165, 1.54) is 21.9 Å². The summed E-state index contributed by atoms with van der Waals surface area (Å²) in [6.45, 7) is 2.26. The van der Waals surface area contributed by atoms with Gasteiger partial charge in [-0.25, -0.2) is 0 Å². The monoisotopic (exact) mass is 486 g/mol. The van der Waals surface area contributed by atoms with Crippen LogP contribution < -0.4 is 0 Å². The molecule has 0 saturated heterocycles. The molecule has 4 heteroatoms. The first-order chi connectivity index (χ1) is 15.2. The summed E-state index contributed by atoms with van der Waals surface area (Å²) >= 11 is 3.69. The second-order valence-corrected chi connectivity index (χ2v) is 10.3. The van der Waals surface area contributed by atoms with Crippen molar-refractivity contribution in [1.82, 2.24) is 0 Å². The molecule has 31 heavy (non-hydrogen) atoms. The van der Waals surface area contributed by atoms with Crippen molar-refractivity contribution in [3.8, 4) is 5.30 Å². The Bertz CT molecular complexity index is 1550. The summed E-state index contributed by atoms with van der Waals surface area (Å²) < 4.78 is 14.2. The first-order valence-electron chi connectivity index (χ1n) is 10.5. The molecular formula is C27H20BrO2P. The van der Waals surface area contributed by atoms with Gasteiger partial charge in [0.1, 0.15) is 11.2 Å². The van der Waals surface area contributed by atoms with E-state index in [4.69, 9.17) is 8.39 Å². The molecule has 2 nitrogen and oxygen atoms in total. The molecule has 0 radical (unpaired) electrons. The van der Waals surface area contributed by atoms with Gasteiger partial charge in [0.15, 0.2) is 0 Å². The fraction of sp³-hybridized carbons (Fsp3) is 0.111. The third-order valence-corrected chi connectivity index (χ3v) is 8.49. The number of allylic oxidation sites excluding steroid dienone is 1. The van der Waals surface area contributed by atoms with E-state index in [-0.39, 0.29) is 0 Å². The van der Waals surface area contributed by atoms with Crippen molar-refractivity contribution in [2.45, 2.75) is 13.3 Å². The number of fused-ring (bicyclic) bond motifs is 7. The second kappa shape index (κ2) is 7.44. The van der Waals surface area contributed by atoms with Gasteiger partial charge in [0.25, 0.3) is 8.01 Å². The van der Waals surface area contributed by atoms with Gasteiger partial charge in [-0.1, -0.05) is 67.6 Å². The van der Waals surface area contributed by atoms with Crippen molar-refractivity contribution < 1.29 is 8.39 Å². The van der Waals surface area contributed by atoms with Crippen molar-refractivity contribution in [3.05, 3.63) is 94.5 Å². The fourth-order valence-electron chi connectivity index (χ4n) is 4.50. The molecule has 1 aromatic heterocycles. The van der Waals surface area contributed by atoms with Crippen LogP contribution in [0.1, 0.15) is 18.1 Å². The van der Waals surface area contributed by atoms with Crippen LogP contribution in [-0.2, 0) is 6.42 Å². The highest BCUT2D eigenvalue weighted by atomic mass is 79.9. The summed E-state index contributed by atoms with van der Waals surface area (Å²) in [5.41, 5.74) is 4.37. The summed E-state index contributed by atoms with van der Waals surface area (Å²) in [5.74, 6) is 0.540. The zero-order valence-electron chi connectivity index (χ0n) is 17.0. The predicted octanol–water partition coefficient (Wildman–Crippen LogP) is 9.40. The molecule has 2 atom stereocenters. The van der Waals surface area contributed by atoms with E-state index in [1.807, 2.05) is 18.2 Å². The van der Waals surface area contributed by atoms with Gasteiger partial charge in [-0.2, -0.15) is 0 Å². The van der Waals surface area contributed by atoms with Crippen molar-refractivity contribution in [3.63, 3.8) is 0 Å². The lowest BCUT2D eigenvalue weighted by Gasteiger charge is -2.17. The van der Waals surface area contributed by atoms with Gasteiger partial charge in [0, 0.05) is 15.2 Å². The van der Waals surface area contributed by atoms with Crippen LogP contribution in [0.5, 0.6) is 0 Å². The van der Waals surface area contributed by atoms with Crippen molar-refractivity contribution in [2.24, 2.45) is 5.92 Å². The highest BCUT2D eigenvalue weighted by Gasteiger charge is 2.19. The maximum Gasteiger partial charge on any atom is 0.254 e. The Hall–Kier alpha value is -2.74. The number of halogens is 1. The molecular weight excluding hydrogens is 467 g/mol. The minimum Gasteiger partial charge on any atom is -0.416 e. The molecule has 2 unspecified atom stereocenters. The van der Waals surface area contributed by atoms with Crippen LogP contribution in [0.3, 0.4) is 0 Å². The molecule has 5 aromatic rings. The average molecular weight is 487 g/mol. The Kier molecular flexibility index (Phi) is 4.56. The topological polar surface area (TPSA) is 26.3 Å². The van der Waals surface area contributed by atoms with Crippen LogP contribution >= 0.6 is 23.9 Å². The molecule has 0 spiro atoms. The zero-order valence-corrected chi connectivity index (χ0v) is 19.5. The summed E-state index contributed by atoms with van der Waals surface area (Å²) in [6, 6.07) is 25.2. The molecule has 6 rings (SSSR count). The molecule has 0 N–H and O–H groups in total. The van der Waals surface area contributed by atoms with Gasteiger partial charge >= 0.3 is 0 Å². The zero-order chi connectivity index (χ0) is 20.9. The van der Waals surface area contributed by atoms with Crippen LogP contribution in [0, 0.1) is 5.92 Å². The van der Waals surface area contributed by atoms with E-state index in [0.717, 1.165) is 38.1 Å². The van der Waals surface area contributed by atoms with Crippen molar-refractivity contribution >= 4 is 62.7 Å². The molecule has 1 heterocycles. The maximum absolute atomic E-state index is 6.63. The Morgan fingerprint density at radius 3 is 2.45 bits per heavy atom. The molecule has 0 aliphatic heterocycles. The number of hydrogen-bond acceptors (Lipinski definition) is 2. The van der Waals surface area contributed by atoms with E-state index in [0.29, 0.717) is 5.92 Å². The van der Waals surface area contributed by atoms with Crippen molar-refractivity contribution in [1.29, 1.82) is 0 Å². The quantitative estimate of drug-likeness (QED) is 0.235. The van der Waals surface area contributed by atoms with Crippen LogP contribution in [0.4, 0.5) is 0 Å². The number of rotatable bonds is 1. The summed E-state index contributed by atoms with van der Waals surface area (Å²) in [7, 11) is -1.34. The lowest BCUT2D eigenvalue weighted by atomic mass is 9.87. The Balaban J connectivity index is 1.86. The van der Waals surface area contributed by atoms with Gasteiger partial charge in [0.05, 0.1) is 5.30 Å². The molecule has 0 bridgehead atoms. The Morgan fingerprint density at radius 2 is 1.58 bits per heavy atom. The predicted molar refractivity (Wildman–Crippen MR) is 135 cm³/mol. The second-order valence-electron chi connectivity index (χ2n) is 8.10. The molecule has 4 aromatic carbocycles. The lowest BCUT2D eigenvalue weighted by Crippen LogP contribution is -2.03. The smallest absolute Gasteiger partial charge is 0.254 e. The largest absolute Gasteiger partial charge is 0.416 e. The Morgan fingerprint density at radius 1 is 0.839 bits per heavy atom. The van der Waals surface area contributed by atoms with Gasteiger partial charge in [-0.15, -0.1) is 0 Å². The molecule has 152 valence electrons. The molecule has 1 aliphatic carbocycles. The van der Waals surface area contributed by atoms with Gasteiger partial charge in [0.2, 0.25) is 0 Å². The van der Waals surface area contributed by atoms with Gasteiger partial charge in [-0.3, -0.25) is 0 Å². The van der Waals surface area contributed by atoms with E-state index >= 15 is 0 Å². The van der Waals surface area contributed by atoms with Crippen LogP contribution in [-0.4, -0.2) is 0 Å². The average Bonchev–Trinajstić information content (AvgIpc) is 2.96. The SMILES string of the molecule is CC1C=Cc2c(ccc3op(-c4ccccc4Br)oc4ccc5ccccc5c4c23)C1. The first kappa shape index (κ1) is 19.0. The molecule has 0 amide bonds.